The Morgan fingerprint density at radius 1 is 1.11 bits per heavy atom. The minimum atomic E-state index is -0.350. The van der Waals surface area contributed by atoms with Crippen LogP contribution in [0.1, 0.15) is 34.8 Å². The third-order valence-electron chi connectivity index (χ3n) is 4.19. The molecule has 1 aliphatic heterocycles. The first kappa shape index (κ1) is 18.5. The molecule has 0 bridgehead atoms. The molecular weight excluding hydrogens is 348 g/mol. The van der Waals surface area contributed by atoms with E-state index in [1.807, 2.05) is 0 Å². The SMILES string of the molecule is CCC(=O)Oc1cc(C)c2c(c1)O/C(=C\c1ccc(OC)cc1OC)C2=O. The Morgan fingerprint density at radius 2 is 1.89 bits per heavy atom. The van der Waals surface area contributed by atoms with Crippen LogP contribution >= 0.6 is 0 Å². The molecule has 0 aromatic heterocycles. The lowest BCUT2D eigenvalue weighted by molar-refractivity contribution is -0.134. The molecule has 140 valence electrons. The van der Waals surface area contributed by atoms with E-state index in [-0.39, 0.29) is 23.9 Å². The quantitative estimate of drug-likeness (QED) is 0.452. The number of aryl methyl sites for hydroxylation is 1. The van der Waals surface area contributed by atoms with Crippen molar-refractivity contribution in [2.24, 2.45) is 0 Å². The molecule has 2 aromatic carbocycles. The van der Waals surface area contributed by atoms with Gasteiger partial charge in [0.2, 0.25) is 5.78 Å². The first-order chi connectivity index (χ1) is 13.0. The number of esters is 1. The van der Waals surface area contributed by atoms with Gasteiger partial charge in [-0.3, -0.25) is 9.59 Å². The normalized spacial score (nSPS) is 13.9. The lowest BCUT2D eigenvalue weighted by Gasteiger charge is -2.08. The Morgan fingerprint density at radius 3 is 2.56 bits per heavy atom. The number of hydrogen-bond acceptors (Lipinski definition) is 6. The van der Waals surface area contributed by atoms with Gasteiger partial charge in [0.1, 0.15) is 23.0 Å². The molecule has 1 aliphatic rings. The number of benzene rings is 2. The number of fused-ring (bicyclic) bond motifs is 1. The van der Waals surface area contributed by atoms with Crippen LogP contribution in [-0.4, -0.2) is 26.0 Å². The fraction of sp³-hybridized carbons (Fsp3) is 0.238. The highest BCUT2D eigenvalue weighted by Crippen LogP contribution is 2.38. The Balaban J connectivity index is 1.96. The van der Waals surface area contributed by atoms with Crippen LogP contribution in [0.3, 0.4) is 0 Å². The van der Waals surface area contributed by atoms with Crippen LogP contribution in [0.4, 0.5) is 0 Å². The number of hydrogen-bond donors (Lipinski definition) is 0. The predicted molar refractivity (Wildman–Crippen MR) is 99.6 cm³/mol. The maximum Gasteiger partial charge on any atom is 0.310 e. The van der Waals surface area contributed by atoms with Crippen LogP contribution in [0.5, 0.6) is 23.0 Å². The maximum atomic E-state index is 12.8. The van der Waals surface area contributed by atoms with E-state index >= 15 is 0 Å². The van der Waals surface area contributed by atoms with Gasteiger partial charge in [0.05, 0.1) is 19.8 Å². The number of rotatable bonds is 5. The number of carbonyl (C=O) groups is 2. The smallest absolute Gasteiger partial charge is 0.310 e. The lowest BCUT2D eigenvalue weighted by Crippen LogP contribution is -2.06. The average molecular weight is 368 g/mol. The van der Waals surface area contributed by atoms with Gasteiger partial charge in [0.25, 0.3) is 0 Å². The van der Waals surface area contributed by atoms with Gasteiger partial charge in [-0.05, 0) is 36.8 Å². The molecule has 0 aliphatic carbocycles. The van der Waals surface area contributed by atoms with E-state index in [0.717, 1.165) is 0 Å². The summed E-state index contributed by atoms with van der Waals surface area (Å²) < 4.78 is 21.5. The Bertz CT molecular complexity index is 942. The molecule has 0 unspecified atom stereocenters. The molecule has 1 heterocycles. The van der Waals surface area contributed by atoms with Crippen LogP contribution in [-0.2, 0) is 4.79 Å². The third kappa shape index (κ3) is 3.65. The lowest BCUT2D eigenvalue weighted by atomic mass is 10.0. The summed E-state index contributed by atoms with van der Waals surface area (Å²) in [7, 11) is 3.11. The molecular formula is C21H20O6. The van der Waals surface area contributed by atoms with Crippen LogP contribution < -0.4 is 18.9 Å². The van der Waals surface area contributed by atoms with Crippen molar-refractivity contribution in [1.82, 2.24) is 0 Å². The van der Waals surface area contributed by atoms with E-state index in [1.165, 1.54) is 0 Å². The summed E-state index contributed by atoms with van der Waals surface area (Å²) in [5, 5.41) is 0. The first-order valence-electron chi connectivity index (χ1n) is 8.48. The monoisotopic (exact) mass is 368 g/mol. The summed E-state index contributed by atoms with van der Waals surface area (Å²) in [6.45, 7) is 3.49. The molecule has 0 saturated heterocycles. The van der Waals surface area contributed by atoms with E-state index in [2.05, 4.69) is 0 Å². The highest BCUT2D eigenvalue weighted by molar-refractivity contribution is 6.15. The van der Waals surface area contributed by atoms with E-state index in [9.17, 15) is 9.59 Å². The van der Waals surface area contributed by atoms with Crippen LogP contribution in [0.25, 0.3) is 6.08 Å². The zero-order valence-corrected chi connectivity index (χ0v) is 15.6. The number of allylic oxidation sites excluding steroid dienone is 1. The van der Waals surface area contributed by atoms with E-state index in [0.29, 0.717) is 39.7 Å². The maximum absolute atomic E-state index is 12.8. The summed E-state index contributed by atoms with van der Waals surface area (Å²) in [5.74, 6) is 1.53. The van der Waals surface area contributed by atoms with Crippen molar-refractivity contribution in [2.75, 3.05) is 14.2 Å². The van der Waals surface area contributed by atoms with E-state index < -0.39 is 0 Å². The summed E-state index contributed by atoms with van der Waals surface area (Å²) in [5.41, 5.74) is 1.83. The summed E-state index contributed by atoms with van der Waals surface area (Å²) in [4.78, 5) is 24.3. The van der Waals surface area contributed by atoms with Gasteiger partial charge in [-0.1, -0.05) is 6.92 Å². The Labute approximate surface area is 157 Å². The minimum Gasteiger partial charge on any atom is -0.497 e. The molecule has 0 saturated carbocycles. The van der Waals surface area contributed by atoms with Gasteiger partial charge in [-0.2, -0.15) is 0 Å². The average Bonchev–Trinajstić information content (AvgIpc) is 2.97. The highest BCUT2D eigenvalue weighted by atomic mass is 16.5. The molecule has 6 heteroatoms. The summed E-state index contributed by atoms with van der Waals surface area (Å²) >= 11 is 0. The fourth-order valence-electron chi connectivity index (χ4n) is 2.82. The molecule has 6 nitrogen and oxygen atoms in total. The number of ether oxygens (including phenoxy) is 4. The molecule has 0 N–H and O–H groups in total. The van der Waals surface area contributed by atoms with Crippen LogP contribution in [0.15, 0.2) is 36.1 Å². The fourth-order valence-corrected chi connectivity index (χ4v) is 2.82. The minimum absolute atomic E-state index is 0.176. The second kappa shape index (κ2) is 7.53. The molecule has 0 fully saturated rings. The first-order valence-corrected chi connectivity index (χ1v) is 8.48. The van der Waals surface area contributed by atoms with Gasteiger partial charge in [0.15, 0.2) is 5.76 Å². The van der Waals surface area contributed by atoms with Gasteiger partial charge >= 0.3 is 5.97 Å². The van der Waals surface area contributed by atoms with Gasteiger partial charge in [0, 0.05) is 24.1 Å². The van der Waals surface area contributed by atoms with Gasteiger partial charge in [-0.25, -0.2) is 0 Å². The van der Waals surface area contributed by atoms with Crippen molar-refractivity contribution < 1.29 is 28.5 Å². The Hall–Kier alpha value is -3.28. The Kier molecular flexibility index (Phi) is 5.16. The molecule has 0 radical (unpaired) electrons. The predicted octanol–water partition coefficient (Wildman–Crippen LogP) is 3.94. The van der Waals surface area contributed by atoms with Crippen molar-refractivity contribution in [3.05, 3.63) is 52.8 Å². The molecule has 3 rings (SSSR count). The summed E-state index contributed by atoms with van der Waals surface area (Å²) in [6.07, 6.45) is 1.89. The van der Waals surface area contributed by atoms with Crippen LogP contribution in [0, 0.1) is 6.92 Å². The van der Waals surface area contributed by atoms with Gasteiger partial charge in [-0.15, -0.1) is 0 Å². The second-order valence-corrected chi connectivity index (χ2v) is 5.99. The zero-order chi connectivity index (χ0) is 19.6. The van der Waals surface area contributed by atoms with Crippen molar-refractivity contribution in [3.63, 3.8) is 0 Å². The van der Waals surface area contributed by atoms with Crippen LogP contribution in [0.2, 0.25) is 0 Å². The van der Waals surface area contributed by atoms with Crippen molar-refractivity contribution in [2.45, 2.75) is 20.3 Å². The number of carbonyl (C=O) groups excluding carboxylic acids is 2. The van der Waals surface area contributed by atoms with Gasteiger partial charge < -0.3 is 18.9 Å². The molecule has 0 amide bonds. The molecule has 0 spiro atoms. The highest BCUT2D eigenvalue weighted by Gasteiger charge is 2.30. The zero-order valence-electron chi connectivity index (χ0n) is 15.6. The number of ketones is 1. The van der Waals surface area contributed by atoms with E-state index in [1.54, 1.807) is 64.5 Å². The van der Waals surface area contributed by atoms with Crippen molar-refractivity contribution in [1.29, 1.82) is 0 Å². The van der Waals surface area contributed by atoms with Crippen molar-refractivity contribution >= 4 is 17.8 Å². The molecule has 27 heavy (non-hydrogen) atoms. The summed E-state index contributed by atoms with van der Waals surface area (Å²) in [6, 6.07) is 8.50. The number of Topliss-reactive ketones (excluding diaryl/α,β-unsaturated/α-hetero) is 1. The van der Waals surface area contributed by atoms with Crippen molar-refractivity contribution in [3.8, 4) is 23.0 Å². The molecule has 2 aromatic rings. The standard InChI is InChI=1S/C21H20O6/c1-5-19(22)26-15-8-12(2)20-17(11-15)27-18(21(20)23)9-13-6-7-14(24-3)10-16(13)25-4/h6-11H,5H2,1-4H3/b18-9-. The van der Waals surface area contributed by atoms with E-state index in [4.69, 9.17) is 18.9 Å². The topological polar surface area (TPSA) is 71.1 Å². The molecule has 0 atom stereocenters. The second-order valence-electron chi connectivity index (χ2n) is 5.99. The third-order valence-corrected chi connectivity index (χ3v) is 4.19. The largest absolute Gasteiger partial charge is 0.497 e. The number of methoxy groups -OCH3 is 2.